The summed E-state index contributed by atoms with van der Waals surface area (Å²) in [6, 6.07) is 10.4. The van der Waals surface area contributed by atoms with Gasteiger partial charge in [0.15, 0.2) is 5.82 Å². The van der Waals surface area contributed by atoms with E-state index in [9.17, 15) is 0 Å². The molecule has 0 aliphatic carbocycles. The first-order chi connectivity index (χ1) is 13.4. The number of fused-ring (bicyclic) bond motifs is 2. The summed E-state index contributed by atoms with van der Waals surface area (Å²) in [4.78, 5) is 17.2. The van der Waals surface area contributed by atoms with Crippen molar-refractivity contribution in [3.8, 4) is 11.3 Å². The van der Waals surface area contributed by atoms with Crippen molar-refractivity contribution in [3.63, 3.8) is 0 Å². The van der Waals surface area contributed by atoms with Crippen LogP contribution < -0.4 is 10.6 Å². The van der Waals surface area contributed by atoms with Crippen LogP contribution in [0.25, 0.3) is 33.2 Å². The highest BCUT2D eigenvalue weighted by Crippen LogP contribution is 2.28. The SMILES string of the molecule is c1cnc2c(NC[C@H]3CCCNC3)nc(-c3ccc4[nH]ccc4c3)cc2n1. The maximum atomic E-state index is 4.90. The molecular weight excluding hydrogens is 336 g/mol. The number of benzene rings is 1. The normalized spacial score (nSPS) is 17.4. The van der Waals surface area contributed by atoms with Gasteiger partial charge in [-0.1, -0.05) is 6.07 Å². The summed E-state index contributed by atoms with van der Waals surface area (Å²) in [6.45, 7) is 3.08. The van der Waals surface area contributed by atoms with Gasteiger partial charge in [-0.05, 0) is 56.1 Å². The van der Waals surface area contributed by atoms with Crippen LogP contribution in [0.1, 0.15) is 12.8 Å². The summed E-state index contributed by atoms with van der Waals surface area (Å²) in [5, 5.41) is 8.19. The van der Waals surface area contributed by atoms with Gasteiger partial charge >= 0.3 is 0 Å². The number of pyridine rings is 1. The van der Waals surface area contributed by atoms with Gasteiger partial charge in [-0.3, -0.25) is 4.98 Å². The van der Waals surface area contributed by atoms with Gasteiger partial charge in [0.05, 0.1) is 11.2 Å². The maximum absolute atomic E-state index is 4.90. The van der Waals surface area contributed by atoms with Crippen LogP contribution in [-0.2, 0) is 0 Å². The van der Waals surface area contributed by atoms with E-state index in [1.165, 1.54) is 18.2 Å². The molecule has 6 nitrogen and oxygen atoms in total. The number of nitrogens with zero attached hydrogens (tertiary/aromatic N) is 3. The van der Waals surface area contributed by atoms with Crippen molar-refractivity contribution < 1.29 is 0 Å². The minimum atomic E-state index is 0.618. The fraction of sp³-hybridized carbons (Fsp3) is 0.286. The monoisotopic (exact) mass is 358 g/mol. The number of rotatable bonds is 4. The second-order valence-corrected chi connectivity index (χ2v) is 7.15. The summed E-state index contributed by atoms with van der Waals surface area (Å²) in [5.41, 5.74) is 4.81. The van der Waals surface area contributed by atoms with E-state index in [-0.39, 0.29) is 0 Å². The molecule has 6 heteroatoms. The van der Waals surface area contributed by atoms with Gasteiger partial charge in [0.1, 0.15) is 5.52 Å². The molecule has 4 heterocycles. The second-order valence-electron chi connectivity index (χ2n) is 7.15. The fourth-order valence-corrected chi connectivity index (χ4v) is 3.80. The summed E-state index contributed by atoms with van der Waals surface area (Å²) >= 11 is 0. The van der Waals surface area contributed by atoms with Crippen molar-refractivity contribution in [2.45, 2.75) is 12.8 Å². The molecule has 0 unspecified atom stereocenters. The zero-order valence-electron chi connectivity index (χ0n) is 15.1. The minimum absolute atomic E-state index is 0.618. The number of anilines is 1. The standard InChI is InChI=1S/C21H22N6/c1-2-14(12-22-6-1)13-26-21-20-19(24-8-9-25-20)11-18(27-21)15-3-4-17-16(10-15)5-7-23-17/h3-5,7-11,14,22-23H,1-2,6,12-13H2,(H,26,27)/t14-/m0/s1. The van der Waals surface area contributed by atoms with Crippen LogP contribution in [0.5, 0.6) is 0 Å². The fourth-order valence-electron chi connectivity index (χ4n) is 3.80. The predicted molar refractivity (Wildman–Crippen MR) is 109 cm³/mol. The van der Waals surface area contributed by atoms with Crippen LogP contribution in [-0.4, -0.2) is 39.6 Å². The van der Waals surface area contributed by atoms with Crippen molar-refractivity contribution in [2.75, 3.05) is 25.0 Å². The minimum Gasteiger partial charge on any atom is -0.368 e. The van der Waals surface area contributed by atoms with Crippen LogP contribution in [0.3, 0.4) is 0 Å². The lowest BCUT2D eigenvalue weighted by Gasteiger charge is -2.23. The highest BCUT2D eigenvalue weighted by Gasteiger charge is 2.15. The zero-order valence-corrected chi connectivity index (χ0v) is 15.1. The number of hydrogen-bond acceptors (Lipinski definition) is 5. The summed E-state index contributed by atoms with van der Waals surface area (Å²) < 4.78 is 0. The van der Waals surface area contributed by atoms with E-state index in [0.29, 0.717) is 5.92 Å². The molecule has 1 atom stereocenters. The third-order valence-corrected chi connectivity index (χ3v) is 5.26. The van der Waals surface area contributed by atoms with Gasteiger partial charge < -0.3 is 15.6 Å². The molecule has 3 N–H and O–H groups in total. The lowest BCUT2D eigenvalue weighted by Crippen LogP contribution is -2.33. The molecule has 1 fully saturated rings. The first-order valence-corrected chi connectivity index (χ1v) is 9.51. The highest BCUT2D eigenvalue weighted by molar-refractivity contribution is 5.90. The van der Waals surface area contributed by atoms with Crippen LogP contribution in [0.15, 0.2) is 48.9 Å². The molecular formula is C21H22N6. The van der Waals surface area contributed by atoms with E-state index < -0.39 is 0 Å². The Hall–Kier alpha value is -2.99. The highest BCUT2D eigenvalue weighted by atomic mass is 15.0. The Balaban J connectivity index is 1.52. The van der Waals surface area contributed by atoms with E-state index >= 15 is 0 Å². The Labute approximate surface area is 157 Å². The van der Waals surface area contributed by atoms with E-state index in [0.717, 1.165) is 53.3 Å². The first-order valence-electron chi connectivity index (χ1n) is 9.51. The van der Waals surface area contributed by atoms with Crippen molar-refractivity contribution in [1.29, 1.82) is 0 Å². The van der Waals surface area contributed by atoms with E-state index in [1.807, 2.05) is 12.3 Å². The molecule has 0 amide bonds. The lowest BCUT2D eigenvalue weighted by molar-refractivity contribution is 0.392. The number of piperidine rings is 1. The third kappa shape index (κ3) is 3.24. The number of aromatic amines is 1. The summed E-state index contributed by atoms with van der Waals surface area (Å²) in [5.74, 6) is 1.43. The topological polar surface area (TPSA) is 78.5 Å². The van der Waals surface area contributed by atoms with E-state index in [1.54, 1.807) is 12.4 Å². The Morgan fingerprint density at radius 1 is 1.11 bits per heavy atom. The van der Waals surface area contributed by atoms with Crippen molar-refractivity contribution >= 4 is 27.8 Å². The third-order valence-electron chi connectivity index (χ3n) is 5.26. The second kappa shape index (κ2) is 6.96. The van der Waals surface area contributed by atoms with Gasteiger partial charge in [0.25, 0.3) is 0 Å². The van der Waals surface area contributed by atoms with E-state index in [2.05, 4.69) is 49.9 Å². The molecule has 0 bridgehead atoms. The number of hydrogen-bond donors (Lipinski definition) is 3. The zero-order chi connectivity index (χ0) is 18.1. The quantitative estimate of drug-likeness (QED) is 0.520. The van der Waals surface area contributed by atoms with Gasteiger partial charge in [0.2, 0.25) is 0 Å². The molecule has 3 aromatic heterocycles. The molecule has 0 saturated carbocycles. The van der Waals surface area contributed by atoms with Crippen molar-refractivity contribution in [2.24, 2.45) is 5.92 Å². The molecule has 0 radical (unpaired) electrons. The summed E-state index contributed by atoms with van der Waals surface area (Å²) in [6.07, 6.45) is 7.89. The number of aromatic nitrogens is 4. The predicted octanol–water partition coefficient (Wildman–Crippen LogP) is 3.58. The van der Waals surface area contributed by atoms with E-state index in [4.69, 9.17) is 4.98 Å². The first kappa shape index (κ1) is 16.2. The van der Waals surface area contributed by atoms with Crippen LogP contribution in [0, 0.1) is 5.92 Å². The molecule has 1 aliphatic heterocycles. The van der Waals surface area contributed by atoms with Gasteiger partial charge in [-0.15, -0.1) is 0 Å². The molecule has 136 valence electrons. The molecule has 1 aromatic carbocycles. The molecule has 1 aliphatic rings. The number of H-pyrrole nitrogens is 1. The maximum Gasteiger partial charge on any atom is 0.154 e. The smallest absolute Gasteiger partial charge is 0.154 e. The van der Waals surface area contributed by atoms with Crippen molar-refractivity contribution in [1.82, 2.24) is 25.3 Å². The molecule has 1 saturated heterocycles. The Bertz CT molecular complexity index is 1080. The average Bonchev–Trinajstić information content (AvgIpc) is 3.20. The summed E-state index contributed by atoms with van der Waals surface area (Å²) in [7, 11) is 0. The molecule has 27 heavy (non-hydrogen) atoms. The Morgan fingerprint density at radius 3 is 3.00 bits per heavy atom. The average molecular weight is 358 g/mol. The molecule has 5 rings (SSSR count). The lowest BCUT2D eigenvalue weighted by atomic mass is 10.00. The van der Waals surface area contributed by atoms with Gasteiger partial charge in [0, 0.05) is 41.6 Å². The Kier molecular flexibility index (Phi) is 4.18. The Morgan fingerprint density at radius 2 is 2.07 bits per heavy atom. The van der Waals surface area contributed by atoms with Crippen LogP contribution in [0.4, 0.5) is 5.82 Å². The van der Waals surface area contributed by atoms with Crippen molar-refractivity contribution in [3.05, 3.63) is 48.9 Å². The molecule has 4 aromatic rings. The van der Waals surface area contributed by atoms with Crippen LogP contribution in [0.2, 0.25) is 0 Å². The number of nitrogens with one attached hydrogen (secondary N) is 3. The van der Waals surface area contributed by atoms with Crippen LogP contribution >= 0.6 is 0 Å². The largest absolute Gasteiger partial charge is 0.368 e. The van der Waals surface area contributed by atoms with Gasteiger partial charge in [-0.2, -0.15) is 0 Å². The van der Waals surface area contributed by atoms with Gasteiger partial charge in [-0.25, -0.2) is 9.97 Å². The molecule has 0 spiro atoms.